The summed E-state index contributed by atoms with van der Waals surface area (Å²) < 4.78 is 0. The van der Waals surface area contributed by atoms with Crippen molar-refractivity contribution in [3.05, 3.63) is 107 Å². The minimum Gasteiger partial charge on any atom is -0.348 e. The second-order valence-electron chi connectivity index (χ2n) is 7.43. The molecule has 0 unspecified atom stereocenters. The van der Waals surface area contributed by atoms with Gasteiger partial charge in [-0.2, -0.15) is 5.26 Å². The number of hydrogen-bond donors (Lipinski definition) is 2. The maximum atomic E-state index is 12.3. The molecule has 2 N–H and O–H groups in total. The molecule has 1 saturated carbocycles. The molecule has 4 nitrogen and oxygen atoms in total. The summed E-state index contributed by atoms with van der Waals surface area (Å²) in [6.45, 7) is 1.33. The molecule has 144 valence electrons. The van der Waals surface area contributed by atoms with E-state index < -0.39 is 0 Å². The molecule has 0 aliphatic heterocycles. The van der Waals surface area contributed by atoms with Crippen molar-refractivity contribution in [2.45, 2.75) is 31.5 Å². The first-order valence-corrected chi connectivity index (χ1v) is 9.87. The number of nitriles is 1. The Labute approximate surface area is 171 Å². The normalized spacial score (nSPS) is 17.3. The Hall–Kier alpha value is -3.42. The van der Waals surface area contributed by atoms with Crippen molar-refractivity contribution in [3.63, 3.8) is 0 Å². The highest BCUT2D eigenvalue weighted by atomic mass is 16.1. The summed E-state index contributed by atoms with van der Waals surface area (Å²) in [5, 5.41) is 15.4. The van der Waals surface area contributed by atoms with Gasteiger partial charge in [-0.25, -0.2) is 0 Å². The van der Waals surface area contributed by atoms with Crippen LogP contribution in [0.4, 0.5) is 0 Å². The SMILES string of the molecule is N#Cc1ccc(CN[C@@H]2C[C@H]2c2ccc(C(=O)NCc3ccccc3)cc2)cc1. The molecule has 0 heterocycles. The summed E-state index contributed by atoms with van der Waals surface area (Å²) in [4.78, 5) is 12.3. The smallest absolute Gasteiger partial charge is 0.251 e. The van der Waals surface area contributed by atoms with Crippen LogP contribution in [0.3, 0.4) is 0 Å². The Bertz CT molecular complexity index is 1000. The van der Waals surface area contributed by atoms with E-state index in [0.717, 1.165) is 18.5 Å². The molecule has 1 aliphatic rings. The average Bonchev–Trinajstić information content (AvgIpc) is 3.57. The van der Waals surface area contributed by atoms with E-state index in [1.807, 2.05) is 66.7 Å². The van der Waals surface area contributed by atoms with Crippen LogP contribution in [0, 0.1) is 11.3 Å². The van der Waals surface area contributed by atoms with E-state index in [1.54, 1.807) is 0 Å². The lowest BCUT2D eigenvalue weighted by atomic mass is 10.1. The number of hydrogen-bond acceptors (Lipinski definition) is 3. The molecule has 4 heteroatoms. The maximum absolute atomic E-state index is 12.3. The van der Waals surface area contributed by atoms with Gasteiger partial charge in [-0.1, -0.05) is 54.6 Å². The van der Waals surface area contributed by atoms with E-state index >= 15 is 0 Å². The highest BCUT2D eigenvalue weighted by Crippen LogP contribution is 2.40. The molecular formula is C25H23N3O. The van der Waals surface area contributed by atoms with E-state index in [1.165, 1.54) is 11.1 Å². The van der Waals surface area contributed by atoms with Gasteiger partial charge in [0.15, 0.2) is 0 Å². The highest BCUT2D eigenvalue weighted by Gasteiger charge is 2.37. The fourth-order valence-electron chi connectivity index (χ4n) is 3.50. The third kappa shape index (κ3) is 4.90. The molecule has 4 rings (SSSR count). The van der Waals surface area contributed by atoms with Crippen molar-refractivity contribution in [1.29, 1.82) is 5.26 Å². The number of nitrogens with zero attached hydrogens (tertiary/aromatic N) is 1. The predicted octanol–water partition coefficient (Wildman–Crippen LogP) is 4.13. The van der Waals surface area contributed by atoms with Gasteiger partial charge in [-0.15, -0.1) is 0 Å². The largest absolute Gasteiger partial charge is 0.348 e. The molecular weight excluding hydrogens is 358 g/mol. The van der Waals surface area contributed by atoms with Crippen LogP contribution in [-0.4, -0.2) is 11.9 Å². The van der Waals surface area contributed by atoms with Gasteiger partial charge < -0.3 is 10.6 Å². The van der Waals surface area contributed by atoms with Gasteiger partial charge in [0.25, 0.3) is 5.91 Å². The summed E-state index contributed by atoms with van der Waals surface area (Å²) >= 11 is 0. The van der Waals surface area contributed by atoms with Crippen LogP contribution in [0.15, 0.2) is 78.9 Å². The fourth-order valence-corrected chi connectivity index (χ4v) is 3.50. The lowest BCUT2D eigenvalue weighted by molar-refractivity contribution is 0.0951. The van der Waals surface area contributed by atoms with Crippen molar-refractivity contribution in [3.8, 4) is 6.07 Å². The first-order valence-electron chi connectivity index (χ1n) is 9.87. The molecule has 1 amide bonds. The Morgan fingerprint density at radius 3 is 2.28 bits per heavy atom. The fraction of sp³-hybridized carbons (Fsp3) is 0.200. The Kier molecular flexibility index (Phi) is 5.69. The van der Waals surface area contributed by atoms with Gasteiger partial charge in [-0.05, 0) is 47.4 Å². The molecule has 0 aromatic heterocycles. The standard InChI is InChI=1S/C25H23N3O/c26-15-18-6-8-20(9-7-18)16-27-24-14-23(24)21-10-12-22(13-11-21)25(29)28-17-19-4-2-1-3-5-19/h1-13,23-24,27H,14,16-17H2,(H,28,29)/t23-,24+/m0/s1. The number of carbonyl (C=O) groups excluding carboxylic acids is 1. The van der Waals surface area contributed by atoms with Gasteiger partial charge in [0.1, 0.15) is 0 Å². The zero-order chi connectivity index (χ0) is 20.1. The van der Waals surface area contributed by atoms with Crippen molar-refractivity contribution in [1.82, 2.24) is 10.6 Å². The van der Waals surface area contributed by atoms with Crippen LogP contribution in [-0.2, 0) is 13.1 Å². The van der Waals surface area contributed by atoms with Crippen molar-refractivity contribution < 1.29 is 4.79 Å². The Balaban J connectivity index is 1.26. The molecule has 3 aromatic rings. The molecule has 0 bridgehead atoms. The van der Waals surface area contributed by atoms with E-state index in [4.69, 9.17) is 5.26 Å². The molecule has 3 aromatic carbocycles. The van der Waals surface area contributed by atoms with Crippen LogP contribution in [0.5, 0.6) is 0 Å². The number of nitrogens with one attached hydrogen (secondary N) is 2. The van der Waals surface area contributed by atoms with Gasteiger partial charge in [0.05, 0.1) is 11.6 Å². The van der Waals surface area contributed by atoms with Crippen molar-refractivity contribution in [2.75, 3.05) is 0 Å². The third-order valence-corrected chi connectivity index (χ3v) is 5.34. The van der Waals surface area contributed by atoms with Gasteiger partial charge in [0, 0.05) is 30.6 Å². The first kappa shape index (κ1) is 18.9. The zero-order valence-corrected chi connectivity index (χ0v) is 16.1. The maximum Gasteiger partial charge on any atom is 0.251 e. The number of carbonyl (C=O) groups is 1. The molecule has 0 saturated heterocycles. The molecule has 29 heavy (non-hydrogen) atoms. The predicted molar refractivity (Wildman–Crippen MR) is 113 cm³/mol. The van der Waals surface area contributed by atoms with E-state index in [2.05, 4.69) is 28.8 Å². The number of amides is 1. The van der Waals surface area contributed by atoms with E-state index in [0.29, 0.717) is 29.6 Å². The van der Waals surface area contributed by atoms with E-state index in [9.17, 15) is 4.79 Å². The topological polar surface area (TPSA) is 64.9 Å². The Morgan fingerprint density at radius 1 is 0.897 bits per heavy atom. The minimum atomic E-state index is -0.0494. The summed E-state index contributed by atoms with van der Waals surface area (Å²) in [6, 6.07) is 28.1. The van der Waals surface area contributed by atoms with Gasteiger partial charge >= 0.3 is 0 Å². The monoisotopic (exact) mass is 381 g/mol. The average molecular weight is 381 g/mol. The van der Waals surface area contributed by atoms with Gasteiger partial charge in [-0.3, -0.25) is 4.79 Å². The lowest BCUT2D eigenvalue weighted by Gasteiger charge is -2.07. The summed E-state index contributed by atoms with van der Waals surface area (Å²) in [5.41, 5.74) is 4.91. The van der Waals surface area contributed by atoms with Crippen molar-refractivity contribution >= 4 is 5.91 Å². The number of benzene rings is 3. The van der Waals surface area contributed by atoms with Crippen molar-refractivity contribution in [2.24, 2.45) is 0 Å². The van der Waals surface area contributed by atoms with Crippen LogP contribution in [0.25, 0.3) is 0 Å². The summed E-state index contributed by atoms with van der Waals surface area (Å²) in [7, 11) is 0. The van der Waals surface area contributed by atoms with Crippen LogP contribution in [0.1, 0.15) is 45.0 Å². The van der Waals surface area contributed by atoms with Gasteiger partial charge in [0.2, 0.25) is 0 Å². The highest BCUT2D eigenvalue weighted by molar-refractivity contribution is 5.94. The van der Waals surface area contributed by atoms with E-state index in [-0.39, 0.29) is 5.91 Å². The zero-order valence-electron chi connectivity index (χ0n) is 16.1. The minimum absolute atomic E-state index is 0.0494. The second-order valence-corrected chi connectivity index (χ2v) is 7.43. The molecule has 0 radical (unpaired) electrons. The number of rotatable bonds is 7. The van der Waals surface area contributed by atoms with Crippen LogP contribution < -0.4 is 10.6 Å². The van der Waals surface area contributed by atoms with Crippen LogP contribution in [0.2, 0.25) is 0 Å². The van der Waals surface area contributed by atoms with Crippen LogP contribution >= 0.6 is 0 Å². The second kappa shape index (κ2) is 8.72. The molecule has 0 spiro atoms. The summed E-state index contributed by atoms with van der Waals surface area (Å²) in [6.07, 6.45) is 1.11. The molecule has 1 fully saturated rings. The Morgan fingerprint density at radius 2 is 1.59 bits per heavy atom. The quantitative estimate of drug-likeness (QED) is 0.647. The molecule has 1 aliphatic carbocycles. The molecule has 2 atom stereocenters. The third-order valence-electron chi connectivity index (χ3n) is 5.34. The lowest BCUT2D eigenvalue weighted by Crippen LogP contribution is -2.22. The first-order chi connectivity index (χ1) is 14.2. The summed E-state index contributed by atoms with van der Waals surface area (Å²) in [5.74, 6) is 0.446.